The van der Waals surface area contributed by atoms with Gasteiger partial charge in [-0.3, -0.25) is 4.79 Å². The number of benzene rings is 3. The topological polar surface area (TPSA) is 77.2 Å². The first kappa shape index (κ1) is 27.1. The number of hydrogen-bond acceptors (Lipinski definition) is 4. The summed E-state index contributed by atoms with van der Waals surface area (Å²) < 4.78 is 47.2. The van der Waals surface area contributed by atoms with Gasteiger partial charge in [0.2, 0.25) is 15.6 Å². The zero-order chi connectivity index (χ0) is 28.9. The molecule has 0 N–H and O–H groups in total. The molecule has 210 valence electrons. The lowest BCUT2D eigenvalue weighted by Crippen LogP contribution is -2.37. The summed E-state index contributed by atoms with van der Waals surface area (Å²) in [5.74, 6) is -0.698. The van der Waals surface area contributed by atoms with Gasteiger partial charge in [0.15, 0.2) is 0 Å². The Bertz CT molecular complexity index is 1950. The van der Waals surface area contributed by atoms with E-state index < -0.39 is 21.3 Å². The Kier molecular flexibility index (Phi) is 6.66. The van der Waals surface area contributed by atoms with Crippen molar-refractivity contribution in [3.8, 4) is 5.69 Å². The summed E-state index contributed by atoms with van der Waals surface area (Å²) in [5, 5.41) is 5.53. The number of aryl methyl sites for hydroxylation is 3. The highest BCUT2D eigenvalue weighted by atomic mass is 32.2. The van der Waals surface area contributed by atoms with Gasteiger partial charge in [-0.05, 0) is 73.2 Å². The molecule has 0 saturated carbocycles. The standard InChI is InChI=1S/C32H31FN4O3S/c1-22-8-7-11-29(31(22)33)41(39,40)36-15-14-32(21-36,18-24-9-5-4-6-10-24)27-17-25-19-34-37(28(25)16-23(27)2)26-12-13-30(38)35(3)20-26/h4-13,16-17,19-20H,14-15,18,21H2,1-3H3. The van der Waals surface area contributed by atoms with Crippen molar-refractivity contribution in [2.45, 2.75) is 37.0 Å². The minimum absolute atomic E-state index is 0.0992. The van der Waals surface area contributed by atoms with Crippen molar-refractivity contribution in [1.29, 1.82) is 0 Å². The maximum absolute atomic E-state index is 15.0. The van der Waals surface area contributed by atoms with Crippen molar-refractivity contribution in [2.24, 2.45) is 7.05 Å². The van der Waals surface area contributed by atoms with Gasteiger partial charge >= 0.3 is 0 Å². The first-order valence-corrected chi connectivity index (χ1v) is 15.0. The third-order valence-electron chi connectivity index (χ3n) is 8.28. The van der Waals surface area contributed by atoms with Crippen LogP contribution in [0.3, 0.4) is 0 Å². The first-order chi connectivity index (χ1) is 19.6. The maximum atomic E-state index is 15.0. The first-order valence-electron chi connectivity index (χ1n) is 13.5. The SMILES string of the molecule is Cc1cc2c(cnn2-c2ccc(=O)n(C)c2)cc1C1(Cc2ccccc2)CCN(S(=O)(=O)c2cccc(C)c2F)C1. The van der Waals surface area contributed by atoms with Crippen molar-refractivity contribution >= 4 is 20.9 Å². The van der Waals surface area contributed by atoms with Crippen LogP contribution in [0.1, 0.15) is 28.7 Å². The quantitative estimate of drug-likeness (QED) is 0.286. The molecule has 3 aromatic carbocycles. The van der Waals surface area contributed by atoms with Gasteiger partial charge in [0.05, 0.1) is 17.4 Å². The molecule has 0 bridgehead atoms. The van der Waals surface area contributed by atoms with E-state index in [0.29, 0.717) is 18.4 Å². The Hall–Kier alpha value is -4.08. The molecule has 1 aliphatic rings. The molecule has 1 aliphatic heterocycles. The van der Waals surface area contributed by atoms with Crippen LogP contribution in [0.2, 0.25) is 0 Å². The Morgan fingerprint density at radius 1 is 0.976 bits per heavy atom. The second kappa shape index (κ2) is 10.1. The minimum Gasteiger partial charge on any atom is -0.316 e. The molecule has 5 aromatic rings. The average Bonchev–Trinajstić information content (AvgIpc) is 3.57. The highest BCUT2D eigenvalue weighted by Gasteiger charge is 2.45. The van der Waals surface area contributed by atoms with Gasteiger partial charge in [0.25, 0.3) is 0 Å². The molecule has 0 aliphatic carbocycles. The lowest BCUT2D eigenvalue weighted by Gasteiger charge is -2.32. The van der Waals surface area contributed by atoms with Crippen molar-refractivity contribution in [2.75, 3.05) is 13.1 Å². The number of aromatic nitrogens is 3. The van der Waals surface area contributed by atoms with Crippen LogP contribution >= 0.6 is 0 Å². The Balaban J connectivity index is 1.45. The molecule has 6 rings (SSSR count). The highest BCUT2D eigenvalue weighted by molar-refractivity contribution is 7.89. The molecule has 1 saturated heterocycles. The van der Waals surface area contributed by atoms with Gasteiger partial charge < -0.3 is 4.57 Å². The third kappa shape index (κ3) is 4.69. The molecule has 7 nitrogen and oxygen atoms in total. The summed E-state index contributed by atoms with van der Waals surface area (Å²) in [7, 11) is -2.34. The summed E-state index contributed by atoms with van der Waals surface area (Å²) in [5.41, 5.74) is 4.52. The van der Waals surface area contributed by atoms with Crippen LogP contribution < -0.4 is 5.56 Å². The van der Waals surface area contributed by atoms with Crippen molar-refractivity contribution < 1.29 is 12.8 Å². The van der Waals surface area contributed by atoms with Crippen LogP contribution in [-0.2, 0) is 28.9 Å². The van der Waals surface area contributed by atoms with E-state index in [4.69, 9.17) is 0 Å². The van der Waals surface area contributed by atoms with Gasteiger partial charge in [-0.25, -0.2) is 17.5 Å². The summed E-state index contributed by atoms with van der Waals surface area (Å²) in [4.78, 5) is 11.6. The van der Waals surface area contributed by atoms with Crippen molar-refractivity contribution in [3.63, 3.8) is 0 Å². The van der Waals surface area contributed by atoms with Crippen molar-refractivity contribution in [3.05, 3.63) is 124 Å². The molecule has 0 radical (unpaired) electrons. The van der Waals surface area contributed by atoms with E-state index in [1.807, 2.05) is 25.1 Å². The predicted octanol–water partition coefficient (Wildman–Crippen LogP) is 5.06. The number of hydrogen-bond donors (Lipinski definition) is 0. The summed E-state index contributed by atoms with van der Waals surface area (Å²) >= 11 is 0. The van der Waals surface area contributed by atoms with E-state index in [9.17, 15) is 13.2 Å². The second-order valence-corrected chi connectivity index (χ2v) is 12.9. The molecule has 41 heavy (non-hydrogen) atoms. The molecule has 1 atom stereocenters. The summed E-state index contributed by atoms with van der Waals surface area (Å²) in [6.07, 6.45) is 4.78. The van der Waals surface area contributed by atoms with E-state index in [1.54, 1.807) is 49.2 Å². The monoisotopic (exact) mass is 570 g/mol. The van der Waals surface area contributed by atoms with E-state index >= 15 is 4.39 Å². The molecular formula is C32H31FN4O3S. The fourth-order valence-electron chi connectivity index (χ4n) is 6.10. The second-order valence-electron chi connectivity index (χ2n) is 11.0. The lowest BCUT2D eigenvalue weighted by atomic mass is 9.73. The largest absolute Gasteiger partial charge is 0.316 e. The highest BCUT2D eigenvalue weighted by Crippen LogP contribution is 2.43. The lowest BCUT2D eigenvalue weighted by molar-refractivity contribution is 0.411. The van der Waals surface area contributed by atoms with Crippen LogP contribution in [0.4, 0.5) is 4.39 Å². The third-order valence-corrected chi connectivity index (χ3v) is 10.1. The molecule has 9 heteroatoms. The van der Waals surface area contributed by atoms with E-state index in [0.717, 1.165) is 33.3 Å². The van der Waals surface area contributed by atoms with E-state index in [2.05, 4.69) is 29.4 Å². The minimum atomic E-state index is -4.04. The Labute approximate surface area is 238 Å². The van der Waals surface area contributed by atoms with E-state index in [1.165, 1.54) is 21.0 Å². The Morgan fingerprint density at radius 2 is 1.76 bits per heavy atom. The number of fused-ring (bicyclic) bond motifs is 1. The number of sulfonamides is 1. The number of rotatable bonds is 6. The van der Waals surface area contributed by atoms with Crippen LogP contribution in [0.15, 0.2) is 94.9 Å². The number of halogens is 1. The number of nitrogens with zero attached hydrogens (tertiary/aromatic N) is 4. The predicted molar refractivity (Wildman–Crippen MR) is 157 cm³/mol. The van der Waals surface area contributed by atoms with Gasteiger partial charge in [-0.1, -0.05) is 42.5 Å². The fraction of sp³-hybridized carbons (Fsp3) is 0.250. The fourth-order valence-corrected chi connectivity index (χ4v) is 7.77. The molecular weight excluding hydrogens is 539 g/mol. The number of pyridine rings is 1. The zero-order valence-electron chi connectivity index (χ0n) is 23.2. The van der Waals surface area contributed by atoms with E-state index in [-0.39, 0.29) is 23.5 Å². The molecule has 2 aromatic heterocycles. The van der Waals surface area contributed by atoms with Gasteiger partial charge in [0, 0.05) is 43.2 Å². The van der Waals surface area contributed by atoms with Gasteiger partial charge in [0.1, 0.15) is 10.7 Å². The van der Waals surface area contributed by atoms with Crippen LogP contribution in [0, 0.1) is 19.7 Å². The summed E-state index contributed by atoms with van der Waals surface area (Å²) in [6, 6.07) is 22.0. The van der Waals surface area contributed by atoms with Gasteiger partial charge in [-0.2, -0.15) is 9.40 Å². The maximum Gasteiger partial charge on any atom is 0.250 e. The smallest absolute Gasteiger partial charge is 0.250 e. The summed E-state index contributed by atoms with van der Waals surface area (Å²) in [6.45, 7) is 4.14. The van der Waals surface area contributed by atoms with Crippen LogP contribution in [0.5, 0.6) is 0 Å². The van der Waals surface area contributed by atoms with Crippen LogP contribution in [0.25, 0.3) is 16.6 Å². The normalized spacial score (nSPS) is 17.9. The van der Waals surface area contributed by atoms with Crippen LogP contribution in [-0.4, -0.2) is 40.2 Å². The molecule has 0 spiro atoms. The van der Waals surface area contributed by atoms with Crippen molar-refractivity contribution in [1.82, 2.24) is 18.7 Å². The van der Waals surface area contributed by atoms with Gasteiger partial charge in [-0.15, -0.1) is 0 Å². The molecule has 3 heterocycles. The molecule has 0 amide bonds. The Morgan fingerprint density at radius 3 is 2.51 bits per heavy atom. The average molecular weight is 571 g/mol. The molecule has 1 unspecified atom stereocenters. The zero-order valence-corrected chi connectivity index (χ0v) is 24.0. The molecule has 1 fully saturated rings.